The molecule has 0 unspecified atom stereocenters. The van der Waals surface area contributed by atoms with Gasteiger partial charge in [0.1, 0.15) is 13.2 Å². The van der Waals surface area contributed by atoms with Crippen molar-refractivity contribution in [2.24, 2.45) is 5.14 Å². The van der Waals surface area contributed by atoms with Crippen molar-refractivity contribution >= 4 is 15.9 Å². The molecule has 1 aliphatic rings. The van der Waals surface area contributed by atoms with Gasteiger partial charge in [0.2, 0.25) is 0 Å². The Labute approximate surface area is 87.2 Å². The van der Waals surface area contributed by atoms with Crippen LogP contribution < -0.4 is 19.3 Å². The highest BCUT2D eigenvalue weighted by molar-refractivity contribution is 7.90. The Morgan fingerprint density at radius 3 is 2.53 bits per heavy atom. The molecule has 0 saturated heterocycles. The van der Waals surface area contributed by atoms with Gasteiger partial charge in [0.15, 0.2) is 11.5 Å². The van der Waals surface area contributed by atoms with Gasteiger partial charge < -0.3 is 9.47 Å². The van der Waals surface area contributed by atoms with Crippen LogP contribution in [0.5, 0.6) is 11.5 Å². The summed E-state index contributed by atoms with van der Waals surface area (Å²) in [5, 5.41) is 4.83. The van der Waals surface area contributed by atoms with Gasteiger partial charge in [0.25, 0.3) is 10.2 Å². The van der Waals surface area contributed by atoms with Crippen molar-refractivity contribution < 1.29 is 17.9 Å². The number of anilines is 1. The first kappa shape index (κ1) is 10.1. The summed E-state index contributed by atoms with van der Waals surface area (Å²) in [7, 11) is -3.75. The lowest BCUT2D eigenvalue weighted by atomic mass is 10.3. The Balaban J connectivity index is 2.28. The minimum Gasteiger partial charge on any atom is -0.486 e. The van der Waals surface area contributed by atoms with Crippen LogP contribution in [0.1, 0.15) is 0 Å². The third-order valence-electron chi connectivity index (χ3n) is 1.80. The van der Waals surface area contributed by atoms with E-state index in [1.807, 2.05) is 0 Å². The fourth-order valence-corrected chi connectivity index (χ4v) is 1.73. The summed E-state index contributed by atoms with van der Waals surface area (Å²) in [5.41, 5.74) is 0.349. The number of nitrogens with two attached hydrogens (primary N) is 1. The van der Waals surface area contributed by atoms with E-state index in [-0.39, 0.29) is 0 Å². The third-order valence-corrected chi connectivity index (χ3v) is 2.32. The molecule has 0 fully saturated rings. The molecule has 1 aromatic rings. The van der Waals surface area contributed by atoms with Gasteiger partial charge in [-0.1, -0.05) is 0 Å². The molecular weight excluding hydrogens is 220 g/mol. The number of fused-ring (bicyclic) bond motifs is 1. The topological polar surface area (TPSA) is 90.7 Å². The van der Waals surface area contributed by atoms with Crippen molar-refractivity contribution in [1.29, 1.82) is 0 Å². The molecule has 0 saturated carbocycles. The Morgan fingerprint density at radius 2 is 1.87 bits per heavy atom. The molecule has 7 heteroatoms. The lowest BCUT2D eigenvalue weighted by Crippen LogP contribution is -2.22. The summed E-state index contributed by atoms with van der Waals surface area (Å²) < 4.78 is 34.2. The van der Waals surface area contributed by atoms with Gasteiger partial charge in [-0.15, -0.1) is 0 Å². The van der Waals surface area contributed by atoms with Gasteiger partial charge in [0.05, 0.1) is 5.69 Å². The Hall–Kier alpha value is -1.47. The molecule has 0 spiro atoms. The normalized spacial score (nSPS) is 14.7. The Morgan fingerprint density at radius 1 is 1.20 bits per heavy atom. The van der Waals surface area contributed by atoms with E-state index in [1.54, 1.807) is 12.1 Å². The lowest BCUT2D eigenvalue weighted by molar-refractivity contribution is 0.171. The molecule has 1 aliphatic heterocycles. The van der Waals surface area contributed by atoms with E-state index in [1.165, 1.54) is 6.07 Å². The van der Waals surface area contributed by atoms with E-state index in [9.17, 15) is 8.42 Å². The zero-order valence-corrected chi connectivity index (χ0v) is 8.58. The molecule has 0 aliphatic carbocycles. The molecule has 1 aromatic carbocycles. The van der Waals surface area contributed by atoms with Crippen LogP contribution in [-0.2, 0) is 10.2 Å². The van der Waals surface area contributed by atoms with Gasteiger partial charge in [-0.3, -0.25) is 4.72 Å². The predicted molar refractivity (Wildman–Crippen MR) is 54.2 cm³/mol. The second kappa shape index (κ2) is 3.59. The first-order valence-corrected chi connectivity index (χ1v) is 5.79. The summed E-state index contributed by atoms with van der Waals surface area (Å²) in [6.45, 7) is 0.945. The maximum absolute atomic E-state index is 10.8. The first-order valence-electron chi connectivity index (χ1n) is 4.25. The molecule has 0 radical (unpaired) electrons. The average molecular weight is 230 g/mol. The van der Waals surface area contributed by atoms with E-state index in [0.29, 0.717) is 30.4 Å². The summed E-state index contributed by atoms with van der Waals surface area (Å²) >= 11 is 0. The standard InChI is InChI=1S/C8H10N2O4S/c9-15(11,12)10-6-1-2-7-8(5-6)14-4-3-13-7/h1-2,5,10H,3-4H2,(H2,9,11,12). The fraction of sp³-hybridized carbons (Fsp3) is 0.250. The summed E-state index contributed by atoms with van der Waals surface area (Å²) in [5.74, 6) is 1.11. The van der Waals surface area contributed by atoms with E-state index in [2.05, 4.69) is 4.72 Å². The number of hydrogen-bond donors (Lipinski definition) is 2. The van der Waals surface area contributed by atoms with Gasteiger partial charge in [0, 0.05) is 6.07 Å². The molecule has 82 valence electrons. The fourth-order valence-electron chi connectivity index (χ4n) is 1.27. The van der Waals surface area contributed by atoms with E-state index < -0.39 is 10.2 Å². The van der Waals surface area contributed by atoms with Crippen LogP contribution in [0.3, 0.4) is 0 Å². The monoisotopic (exact) mass is 230 g/mol. The molecule has 0 bridgehead atoms. The van der Waals surface area contributed by atoms with Crippen molar-refractivity contribution in [2.75, 3.05) is 17.9 Å². The largest absolute Gasteiger partial charge is 0.486 e. The van der Waals surface area contributed by atoms with Gasteiger partial charge in [-0.05, 0) is 12.1 Å². The molecule has 1 heterocycles. The number of ether oxygens (including phenoxy) is 2. The number of hydrogen-bond acceptors (Lipinski definition) is 4. The van der Waals surface area contributed by atoms with Crippen LogP contribution in [0.25, 0.3) is 0 Å². The molecule has 0 atom stereocenters. The van der Waals surface area contributed by atoms with Crippen LogP contribution in [0.15, 0.2) is 18.2 Å². The van der Waals surface area contributed by atoms with E-state index in [4.69, 9.17) is 14.6 Å². The first-order chi connectivity index (χ1) is 7.04. The van der Waals surface area contributed by atoms with Crippen LogP contribution in [-0.4, -0.2) is 21.6 Å². The minimum absolute atomic E-state index is 0.349. The zero-order valence-electron chi connectivity index (χ0n) is 7.76. The van der Waals surface area contributed by atoms with Crippen molar-refractivity contribution in [3.63, 3.8) is 0 Å². The van der Waals surface area contributed by atoms with Crippen molar-refractivity contribution in [3.05, 3.63) is 18.2 Å². The SMILES string of the molecule is NS(=O)(=O)Nc1ccc2c(c1)OCCO2. The molecule has 3 N–H and O–H groups in total. The zero-order chi connectivity index (χ0) is 10.9. The molecule has 0 amide bonds. The number of rotatable bonds is 2. The third kappa shape index (κ3) is 2.51. The van der Waals surface area contributed by atoms with Crippen LogP contribution >= 0.6 is 0 Å². The summed E-state index contributed by atoms with van der Waals surface area (Å²) in [6, 6.07) is 4.71. The number of benzene rings is 1. The number of nitrogens with one attached hydrogen (secondary N) is 1. The molecular formula is C8H10N2O4S. The van der Waals surface area contributed by atoms with Crippen LogP contribution in [0.4, 0.5) is 5.69 Å². The maximum Gasteiger partial charge on any atom is 0.296 e. The highest BCUT2D eigenvalue weighted by Crippen LogP contribution is 2.32. The van der Waals surface area contributed by atoms with Gasteiger partial charge >= 0.3 is 0 Å². The van der Waals surface area contributed by atoms with E-state index in [0.717, 1.165) is 0 Å². The van der Waals surface area contributed by atoms with Gasteiger partial charge in [-0.25, -0.2) is 5.14 Å². The van der Waals surface area contributed by atoms with Crippen LogP contribution in [0.2, 0.25) is 0 Å². The summed E-state index contributed by atoms with van der Waals surface area (Å²) in [6.07, 6.45) is 0. The highest BCUT2D eigenvalue weighted by atomic mass is 32.2. The second-order valence-corrected chi connectivity index (χ2v) is 4.30. The molecule has 15 heavy (non-hydrogen) atoms. The Kier molecular flexibility index (Phi) is 2.41. The minimum atomic E-state index is -3.75. The molecule has 0 aromatic heterocycles. The van der Waals surface area contributed by atoms with Gasteiger partial charge in [-0.2, -0.15) is 8.42 Å². The summed E-state index contributed by atoms with van der Waals surface area (Å²) in [4.78, 5) is 0. The van der Waals surface area contributed by atoms with Crippen LogP contribution in [0, 0.1) is 0 Å². The molecule has 6 nitrogen and oxygen atoms in total. The van der Waals surface area contributed by atoms with Crippen molar-refractivity contribution in [2.45, 2.75) is 0 Å². The Bertz CT molecular complexity index is 472. The molecule has 2 rings (SSSR count). The highest BCUT2D eigenvalue weighted by Gasteiger charge is 2.12. The average Bonchev–Trinajstić information content (AvgIpc) is 2.15. The van der Waals surface area contributed by atoms with Crippen molar-refractivity contribution in [3.8, 4) is 11.5 Å². The van der Waals surface area contributed by atoms with E-state index >= 15 is 0 Å². The second-order valence-electron chi connectivity index (χ2n) is 3.01. The van der Waals surface area contributed by atoms with Crippen molar-refractivity contribution in [1.82, 2.24) is 0 Å². The predicted octanol–water partition coefficient (Wildman–Crippen LogP) is 0.0732. The smallest absolute Gasteiger partial charge is 0.296 e. The lowest BCUT2D eigenvalue weighted by Gasteiger charge is -2.18. The maximum atomic E-state index is 10.8. The quantitative estimate of drug-likeness (QED) is 0.752.